The van der Waals surface area contributed by atoms with E-state index >= 15 is 0 Å². The standard InChI is InChI=1S/C23H28N6O2/c1-3-29-16-24-12-19(29)14-28-10-9-23(21(30)15-28,18-7-5-4-6-8-18)27-22(31)20-13-25-17(2)11-26-20/h4-8,11-13,16,21,30H,3,9-10,14-15H2,1-2H3,(H,27,31)/t21-,23+/m1/s1. The molecule has 4 rings (SSSR count). The highest BCUT2D eigenvalue weighted by Crippen LogP contribution is 2.34. The molecule has 2 N–H and O–H groups in total. The average molecular weight is 421 g/mol. The van der Waals surface area contributed by atoms with E-state index in [9.17, 15) is 9.90 Å². The molecule has 0 aliphatic carbocycles. The molecule has 0 radical (unpaired) electrons. The molecule has 0 unspecified atom stereocenters. The van der Waals surface area contributed by atoms with Crippen LogP contribution in [0.2, 0.25) is 0 Å². The summed E-state index contributed by atoms with van der Waals surface area (Å²) in [6, 6.07) is 9.68. The summed E-state index contributed by atoms with van der Waals surface area (Å²) >= 11 is 0. The fourth-order valence-corrected chi connectivity index (χ4v) is 4.20. The number of likely N-dealkylation sites (tertiary alicyclic amines) is 1. The number of aryl methyl sites for hydroxylation is 2. The van der Waals surface area contributed by atoms with E-state index < -0.39 is 11.6 Å². The SMILES string of the molecule is CCn1cncc1CN1CC[C@](NC(=O)c2cnc(C)cn2)(c2ccccc2)[C@H](O)C1. The summed E-state index contributed by atoms with van der Waals surface area (Å²) < 4.78 is 2.10. The molecule has 0 bridgehead atoms. The monoisotopic (exact) mass is 420 g/mol. The maximum atomic E-state index is 13.0. The average Bonchev–Trinajstić information content (AvgIpc) is 3.24. The van der Waals surface area contributed by atoms with E-state index in [1.807, 2.05) is 49.8 Å². The molecule has 1 aliphatic rings. The van der Waals surface area contributed by atoms with Crippen molar-refractivity contribution in [2.45, 2.75) is 45.0 Å². The molecule has 8 heteroatoms. The Hall–Kier alpha value is -3.10. The minimum absolute atomic E-state index is 0.238. The van der Waals surface area contributed by atoms with E-state index in [1.165, 1.54) is 6.20 Å². The molecule has 1 aromatic carbocycles. The second-order valence-corrected chi connectivity index (χ2v) is 8.01. The largest absolute Gasteiger partial charge is 0.389 e. The Balaban J connectivity index is 1.57. The minimum Gasteiger partial charge on any atom is -0.389 e. The van der Waals surface area contributed by atoms with Gasteiger partial charge in [-0.15, -0.1) is 0 Å². The van der Waals surface area contributed by atoms with Crippen LogP contribution in [0.15, 0.2) is 55.2 Å². The highest BCUT2D eigenvalue weighted by Gasteiger charge is 2.45. The lowest BCUT2D eigenvalue weighted by atomic mass is 9.78. The highest BCUT2D eigenvalue weighted by molar-refractivity contribution is 5.92. The van der Waals surface area contributed by atoms with Gasteiger partial charge in [-0.1, -0.05) is 30.3 Å². The third-order valence-corrected chi connectivity index (χ3v) is 5.99. The molecule has 1 fully saturated rings. The number of hydrogen-bond acceptors (Lipinski definition) is 6. The normalized spacial score (nSPS) is 21.7. The first-order valence-electron chi connectivity index (χ1n) is 10.6. The number of aliphatic hydroxyl groups excluding tert-OH is 1. The first kappa shape index (κ1) is 21.1. The Labute approximate surface area is 182 Å². The summed E-state index contributed by atoms with van der Waals surface area (Å²) in [6.07, 6.45) is 6.52. The maximum absolute atomic E-state index is 13.0. The van der Waals surface area contributed by atoms with Crippen molar-refractivity contribution in [1.82, 2.24) is 29.7 Å². The van der Waals surface area contributed by atoms with Crippen LogP contribution >= 0.6 is 0 Å². The van der Waals surface area contributed by atoms with E-state index in [-0.39, 0.29) is 11.6 Å². The zero-order chi connectivity index (χ0) is 21.8. The minimum atomic E-state index is -0.896. The predicted molar refractivity (Wildman–Crippen MR) is 116 cm³/mol. The molecule has 31 heavy (non-hydrogen) atoms. The van der Waals surface area contributed by atoms with Crippen molar-refractivity contribution in [3.63, 3.8) is 0 Å². The fourth-order valence-electron chi connectivity index (χ4n) is 4.20. The predicted octanol–water partition coefficient (Wildman–Crippen LogP) is 1.89. The Bertz CT molecular complexity index is 1020. The molecule has 0 saturated carbocycles. The Morgan fingerprint density at radius 2 is 2.03 bits per heavy atom. The van der Waals surface area contributed by atoms with E-state index in [4.69, 9.17) is 0 Å². The van der Waals surface area contributed by atoms with Gasteiger partial charge in [0.2, 0.25) is 0 Å². The molecule has 1 amide bonds. The summed E-state index contributed by atoms with van der Waals surface area (Å²) in [5.41, 5.74) is 2.08. The molecular formula is C23H28N6O2. The number of benzene rings is 1. The molecule has 0 spiro atoms. The lowest BCUT2D eigenvalue weighted by Gasteiger charge is -2.46. The summed E-state index contributed by atoms with van der Waals surface area (Å²) in [4.78, 5) is 27.8. The van der Waals surface area contributed by atoms with Crippen LogP contribution in [0.25, 0.3) is 0 Å². The number of imidazole rings is 1. The summed E-state index contributed by atoms with van der Waals surface area (Å²) in [7, 11) is 0. The number of amides is 1. The summed E-state index contributed by atoms with van der Waals surface area (Å²) in [6.45, 7) is 6.62. The maximum Gasteiger partial charge on any atom is 0.272 e. The molecular weight excluding hydrogens is 392 g/mol. The van der Waals surface area contributed by atoms with E-state index in [0.717, 1.165) is 30.0 Å². The third kappa shape index (κ3) is 4.35. The lowest BCUT2D eigenvalue weighted by Crippen LogP contribution is -2.61. The van der Waals surface area contributed by atoms with Crippen LogP contribution in [-0.4, -0.2) is 54.6 Å². The van der Waals surface area contributed by atoms with Gasteiger partial charge in [-0.3, -0.25) is 14.7 Å². The molecule has 1 aliphatic heterocycles. The first-order chi connectivity index (χ1) is 15.0. The number of aliphatic hydroxyl groups is 1. The summed E-state index contributed by atoms with van der Waals surface area (Å²) in [5, 5.41) is 14.4. The van der Waals surface area contributed by atoms with Crippen LogP contribution in [0, 0.1) is 6.92 Å². The van der Waals surface area contributed by atoms with Gasteiger partial charge in [-0.25, -0.2) is 9.97 Å². The second-order valence-electron chi connectivity index (χ2n) is 8.01. The van der Waals surface area contributed by atoms with Crippen LogP contribution in [-0.2, 0) is 18.6 Å². The van der Waals surface area contributed by atoms with E-state index in [0.29, 0.717) is 19.5 Å². The number of carbonyl (C=O) groups is 1. The number of carbonyl (C=O) groups excluding carboxylic acids is 1. The van der Waals surface area contributed by atoms with Crippen LogP contribution in [0.1, 0.15) is 40.8 Å². The van der Waals surface area contributed by atoms with Crippen molar-refractivity contribution < 1.29 is 9.90 Å². The number of nitrogens with one attached hydrogen (secondary N) is 1. The number of hydrogen-bond donors (Lipinski definition) is 2. The van der Waals surface area contributed by atoms with Gasteiger partial charge in [0.1, 0.15) is 5.69 Å². The van der Waals surface area contributed by atoms with Crippen LogP contribution in [0.3, 0.4) is 0 Å². The quantitative estimate of drug-likeness (QED) is 0.632. The van der Waals surface area contributed by atoms with Gasteiger partial charge in [0.05, 0.1) is 35.6 Å². The van der Waals surface area contributed by atoms with Crippen LogP contribution in [0.4, 0.5) is 0 Å². The number of aromatic nitrogens is 4. The van der Waals surface area contributed by atoms with Crippen molar-refractivity contribution in [3.05, 3.63) is 77.9 Å². The number of nitrogens with zero attached hydrogens (tertiary/aromatic N) is 5. The zero-order valence-electron chi connectivity index (χ0n) is 17.9. The molecule has 2 atom stereocenters. The third-order valence-electron chi connectivity index (χ3n) is 5.99. The van der Waals surface area contributed by atoms with Crippen molar-refractivity contribution >= 4 is 5.91 Å². The van der Waals surface area contributed by atoms with Gasteiger partial charge in [0.25, 0.3) is 5.91 Å². The molecule has 8 nitrogen and oxygen atoms in total. The van der Waals surface area contributed by atoms with Crippen LogP contribution < -0.4 is 5.32 Å². The highest BCUT2D eigenvalue weighted by atomic mass is 16.3. The Morgan fingerprint density at radius 1 is 1.23 bits per heavy atom. The smallest absolute Gasteiger partial charge is 0.272 e. The lowest BCUT2D eigenvalue weighted by molar-refractivity contribution is -0.0187. The van der Waals surface area contributed by atoms with Gasteiger partial charge in [0.15, 0.2) is 0 Å². The van der Waals surface area contributed by atoms with Crippen LogP contribution in [0.5, 0.6) is 0 Å². The Morgan fingerprint density at radius 3 is 2.71 bits per heavy atom. The molecule has 162 valence electrons. The topological polar surface area (TPSA) is 96.2 Å². The number of piperidine rings is 1. The first-order valence-corrected chi connectivity index (χ1v) is 10.6. The summed E-state index contributed by atoms with van der Waals surface area (Å²) in [5.74, 6) is -0.340. The van der Waals surface area contributed by atoms with Gasteiger partial charge < -0.3 is 15.0 Å². The second kappa shape index (κ2) is 8.95. The molecule has 1 saturated heterocycles. The van der Waals surface area contributed by atoms with Gasteiger partial charge >= 0.3 is 0 Å². The van der Waals surface area contributed by atoms with Crippen molar-refractivity contribution in [3.8, 4) is 0 Å². The van der Waals surface area contributed by atoms with Gasteiger partial charge in [0, 0.05) is 38.6 Å². The van der Waals surface area contributed by atoms with Gasteiger partial charge in [-0.05, 0) is 25.8 Å². The fraction of sp³-hybridized carbons (Fsp3) is 0.391. The van der Waals surface area contributed by atoms with Crippen molar-refractivity contribution in [2.75, 3.05) is 13.1 Å². The van der Waals surface area contributed by atoms with Crippen molar-refractivity contribution in [2.24, 2.45) is 0 Å². The molecule has 2 aromatic heterocycles. The van der Waals surface area contributed by atoms with Gasteiger partial charge in [-0.2, -0.15) is 0 Å². The van der Waals surface area contributed by atoms with E-state index in [2.05, 4.69) is 36.7 Å². The van der Waals surface area contributed by atoms with E-state index in [1.54, 1.807) is 6.20 Å². The van der Waals surface area contributed by atoms with Crippen molar-refractivity contribution in [1.29, 1.82) is 0 Å². The Kier molecular flexibility index (Phi) is 6.11. The number of rotatable bonds is 6. The number of β-amino-alcohol motifs (C(OH)–C–C–N with tert-alkyl or cyclic N) is 1. The molecule has 3 heterocycles. The zero-order valence-corrected chi connectivity index (χ0v) is 17.9. The molecule has 3 aromatic rings.